The number of aromatic nitrogens is 2. The maximum absolute atomic E-state index is 13.4. The molecule has 7 heteroatoms. The third-order valence-corrected chi connectivity index (χ3v) is 6.93. The minimum Gasteiger partial charge on any atom is -0.489 e. The zero-order chi connectivity index (χ0) is 24.9. The van der Waals surface area contributed by atoms with Gasteiger partial charge in [0, 0.05) is 37.7 Å². The number of ketones is 1. The van der Waals surface area contributed by atoms with Crippen molar-refractivity contribution >= 4 is 11.6 Å². The van der Waals surface area contributed by atoms with Crippen molar-refractivity contribution in [3.8, 4) is 5.75 Å². The summed E-state index contributed by atoms with van der Waals surface area (Å²) in [6, 6.07) is 17.5. The van der Waals surface area contributed by atoms with Crippen LogP contribution >= 0.6 is 0 Å². The molecule has 0 fully saturated rings. The molecule has 0 saturated carbocycles. The van der Waals surface area contributed by atoms with Gasteiger partial charge >= 0.3 is 5.69 Å². The van der Waals surface area contributed by atoms with Gasteiger partial charge in [-0.1, -0.05) is 56.3 Å². The number of carbonyl (C=O) groups excluding carboxylic acids is 1. The van der Waals surface area contributed by atoms with E-state index in [1.807, 2.05) is 54.6 Å². The van der Waals surface area contributed by atoms with Crippen LogP contribution in [0.4, 0.5) is 5.82 Å². The maximum atomic E-state index is 13.4. The Bertz CT molecular complexity index is 1460. The van der Waals surface area contributed by atoms with Gasteiger partial charge in [0.1, 0.15) is 18.2 Å². The molecule has 0 radical (unpaired) electrons. The fraction of sp³-hybridized carbons (Fsp3) is 0.321. The van der Waals surface area contributed by atoms with E-state index in [4.69, 9.17) is 4.74 Å². The van der Waals surface area contributed by atoms with Crippen molar-refractivity contribution in [2.24, 2.45) is 19.5 Å². The van der Waals surface area contributed by atoms with Crippen molar-refractivity contribution in [1.82, 2.24) is 9.13 Å². The van der Waals surface area contributed by atoms with Crippen molar-refractivity contribution in [2.75, 3.05) is 5.32 Å². The Morgan fingerprint density at radius 3 is 2.31 bits per heavy atom. The molecule has 0 saturated heterocycles. The van der Waals surface area contributed by atoms with Crippen LogP contribution < -0.4 is 21.3 Å². The van der Waals surface area contributed by atoms with Crippen molar-refractivity contribution in [2.45, 2.75) is 39.2 Å². The molecule has 35 heavy (non-hydrogen) atoms. The highest BCUT2D eigenvalue weighted by atomic mass is 16.5. The summed E-state index contributed by atoms with van der Waals surface area (Å²) in [5.74, 6) is 0.625. The summed E-state index contributed by atoms with van der Waals surface area (Å²) < 4.78 is 8.49. The van der Waals surface area contributed by atoms with Crippen molar-refractivity contribution in [3.05, 3.63) is 103 Å². The Hall–Kier alpha value is -3.87. The highest BCUT2D eigenvalue weighted by Gasteiger charge is 2.42. The van der Waals surface area contributed by atoms with Crippen molar-refractivity contribution < 1.29 is 9.53 Å². The van der Waals surface area contributed by atoms with Gasteiger partial charge in [-0.3, -0.25) is 18.7 Å². The van der Waals surface area contributed by atoms with Gasteiger partial charge in [0.2, 0.25) is 0 Å². The third kappa shape index (κ3) is 4.01. The summed E-state index contributed by atoms with van der Waals surface area (Å²) in [5.41, 5.74) is 2.69. The Morgan fingerprint density at radius 2 is 1.63 bits per heavy atom. The van der Waals surface area contributed by atoms with Crippen LogP contribution in [-0.4, -0.2) is 14.9 Å². The lowest BCUT2D eigenvalue weighted by Gasteiger charge is -2.39. The first-order valence-electron chi connectivity index (χ1n) is 11.8. The normalized spacial score (nSPS) is 18.5. The van der Waals surface area contributed by atoms with Gasteiger partial charge in [-0.2, -0.15) is 0 Å². The quantitative estimate of drug-likeness (QED) is 0.625. The lowest BCUT2D eigenvalue weighted by atomic mass is 9.69. The number of allylic oxidation sites excluding steroid dienone is 2. The molecular formula is C28H29N3O4. The zero-order valence-electron chi connectivity index (χ0n) is 20.4. The van der Waals surface area contributed by atoms with Crippen LogP contribution in [0.1, 0.15) is 49.3 Å². The van der Waals surface area contributed by atoms with E-state index in [0.717, 1.165) is 21.4 Å². The van der Waals surface area contributed by atoms with Crippen LogP contribution in [-0.2, 0) is 25.5 Å². The average molecular weight is 472 g/mol. The van der Waals surface area contributed by atoms with E-state index in [2.05, 4.69) is 19.2 Å². The Morgan fingerprint density at radius 1 is 0.943 bits per heavy atom. The van der Waals surface area contributed by atoms with Crippen LogP contribution in [0.25, 0.3) is 0 Å². The lowest BCUT2D eigenvalue weighted by molar-refractivity contribution is -0.118. The second-order valence-electron chi connectivity index (χ2n) is 10.2. The zero-order valence-corrected chi connectivity index (χ0v) is 20.4. The summed E-state index contributed by atoms with van der Waals surface area (Å²) in [6.07, 6.45) is 1.06. The van der Waals surface area contributed by atoms with E-state index >= 15 is 0 Å². The van der Waals surface area contributed by atoms with Crippen LogP contribution in [0.3, 0.4) is 0 Å². The number of nitrogens with zero attached hydrogens (tertiary/aromatic N) is 2. The van der Waals surface area contributed by atoms with E-state index in [1.54, 1.807) is 7.05 Å². The molecule has 5 rings (SSSR count). The third-order valence-electron chi connectivity index (χ3n) is 6.93. The van der Waals surface area contributed by atoms with E-state index in [9.17, 15) is 14.4 Å². The number of ether oxygens (including phenoxy) is 1. The average Bonchev–Trinajstić information content (AvgIpc) is 2.84. The topological polar surface area (TPSA) is 82.3 Å². The van der Waals surface area contributed by atoms with Crippen molar-refractivity contribution in [1.29, 1.82) is 0 Å². The van der Waals surface area contributed by atoms with E-state index in [1.165, 1.54) is 11.6 Å². The predicted molar refractivity (Wildman–Crippen MR) is 135 cm³/mol. The number of hydrogen-bond acceptors (Lipinski definition) is 5. The largest absolute Gasteiger partial charge is 0.489 e. The molecule has 2 heterocycles. The second-order valence-corrected chi connectivity index (χ2v) is 10.2. The van der Waals surface area contributed by atoms with E-state index in [0.29, 0.717) is 42.2 Å². The predicted octanol–water partition coefficient (Wildman–Crippen LogP) is 3.86. The van der Waals surface area contributed by atoms with Gasteiger partial charge in [-0.05, 0) is 35.1 Å². The monoisotopic (exact) mass is 471 g/mol. The van der Waals surface area contributed by atoms with Gasteiger partial charge in [0.25, 0.3) is 5.56 Å². The van der Waals surface area contributed by atoms with Crippen LogP contribution in [0, 0.1) is 5.41 Å². The fourth-order valence-corrected chi connectivity index (χ4v) is 5.18. The first-order chi connectivity index (χ1) is 16.7. The van der Waals surface area contributed by atoms with Crippen LogP contribution in [0.15, 0.2) is 75.5 Å². The number of fused-ring (bicyclic) bond motifs is 1. The number of nitrogens with one attached hydrogen (secondary N) is 1. The molecule has 180 valence electrons. The molecule has 0 amide bonds. The summed E-state index contributed by atoms with van der Waals surface area (Å²) in [4.78, 5) is 39.4. The summed E-state index contributed by atoms with van der Waals surface area (Å²) in [5, 5.41) is 3.30. The Kier molecular flexibility index (Phi) is 5.50. The minimum absolute atomic E-state index is 0.0275. The highest BCUT2D eigenvalue weighted by molar-refractivity contribution is 6.01. The van der Waals surface area contributed by atoms with Gasteiger partial charge < -0.3 is 10.1 Å². The van der Waals surface area contributed by atoms with Gasteiger partial charge in [0.15, 0.2) is 5.78 Å². The molecule has 3 aromatic rings. The summed E-state index contributed by atoms with van der Waals surface area (Å²) >= 11 is 0. The number of anilines is 1. The number of carbonyl (C=O) groups is 1. The Balaban J connectivity index is 1.60. The molecule has 0 unspecified atom stereocenters. The molecule has 7 nitrogen and oxygen atoms in total. The molecule has 2 aromatic carbocycles. The first kappa shape index (κ1) is 22.9. The Labute approximate surface area is 203 Å². The standard InChI is InChI=1S/C28H29N3O4/c1-28(2)14-20-23(21(32)15-28)22(24-25(29-20)30(3)27(34)31(4)26(24)33)18-10-12-19(13-11-18)35-16-17-8-6-5-7-9-17/h5-13,22,29H,14-16H2,1-4H3/t22-/m0/s1. The number of rotatable bonds is 4. The summed E-state index contributed by atoms with van der Waals surface area (Å²) in [6.45, 7) is 4.56. The fourth-order valence-electron chi connectivity index (χ4n) is 5.18. The lowest BCUT2D eigenvalue weighted by Crippen LogP contribution is -2.45. The molecular weight excluding hydrogens is 442 g/mol. The minimum atomic E-state index is -0.557. The number of hydrogen-bond donors (Lipinski definition) is 1. The molecule has 1 aliphatic heterocycles. The molecule has 0 spiro atoms. The van der Waals surface area contributed by atoms with Crippen LogP contribution in [0.2, 0.25) is 0 Å². The molecule has 0 bridgehead atoms. The van der Waals surface area contributed by atoms with Crippen molar-refractivity contribution in [3.63, 3.8) is 0 Å². The van der Waals surface area contributed by atoms with Gasteiger partial charge in [-0.25, -0.2) is 4.79 Å². The van der Waals surface area contributed by atoms with Gasteiger partial charge in [0.05, 0.1) is 5.56 Å². The maximum Gasteiger partial charge on any atom is 0.332 e. The molecule has 1 N–H and O–H groups in total. The highest BCUT2D eigenvalue weighted by Crippen LogP contribution is 2.47. The molecule has 1 aromatic heterocycles. The second kappa shape index (κ2) is 8.41. The molecule has 2 aliphatic rings. The van der Waals surface area contributed by atoms with Gasteiger partial charge in [-0.15, -0.1) is 0 Å². The summed E-state index contributed by atoms with van der Waals surface area (Å²) in [7, 11) is 3.12. The van der Waals surface area contributed by atoms with Crippen LogP contribution in [0.5, 0.6) is 5.75 Å². The molecule has 1 atom stereocenters. The number of benzene rings is 2. The smallest absolute Gasteiger partial charge is 0.332 e. The number of Topliss-reactive ketones (excluding diaryl/α,β-unsaturated/α-hetero) is 1. The molecule has 1 aliphatic carbocycles. The van der Waals surface area contributed by atoms with E-state index in [-0.39, 0.29) is 11.2 Å². The van der Waals surface area contributed by atoms with E-state index < -0.39 is 17.2 Å². The SMILES string of the molecule is Cn1c2c(c(=O)n(C)c1=O)[C@@H](c1ccc(OCc3ccccc3)cc1)C1=C(CC(C)(C)CC1=O)N2. The first-order valence-corrected chi connectivity index (χ1v) is 11.8.